The number of carbonyl (C=O) groups excluding carboxylic acids is 1. The van der Waals surface area contributed by atoms with Gasteiger partial charge in [-0.25, -0.2) is 0 Å². The van der Waals surface area contributed by atoms with Crippen LogP contribution in [0.4, 0.5) is 0 Å². The fraction of sp³-hybridized carbons (Fsp3) is 0.133. The highest BCUT2D eigenvalue weighted by Gasteiger charge is 2.07. The molecular weight excluding hydrogens is 210 g/mol. The first-order chi connectivity index (χ1) is 8.36. The van der Waals surface area contributed by atoms with Gasteiger partial charge in [0.1, 0.15) is 0 Å². The maximum absolute atomic E-state index is 11.1. The Hall–Kier alpha value is -1.93. The molecule has 0 aliphatic heterocycles. The third-order valence-corrected chi connectivity index (χ3v) is 2.76. The van der Waals surface area contributed by atoms with Crippen LogP contribution in [0, 0.1) is 0 Å². The smallest absolute Gasteiger partial charge is 0.150 e. The summed E-state index contributed by atoms with van der Waals surface area (Å²) in [5.74, 6) is 0. The molecule has 2 aromatic rings. The van der Waals surface area contributed by atoms with Crippen LogP contribution in [0.15, 0.2) is 48.5 Å². The van der Waals surface area contributed by atoms with Crippen LogP contribution in [0.1, 0.15) is 15.9 Å². The van der Waals surface area contributed by atoms with Crippen LogP contribution >= 0.6 is 0 Å². The summed E-state index contributed by atoms with van der Waals surface area (Å²) in [6.45, 7) is 0.795. The van der Waals surface area contributed by atoms with Crippen LogP contribution in [-0.2, 0) is 6.54 Å². The van der Waals surface area contributed by atoms with Gasteiger partial charge in [0.05, 0.1) is 0 Å². The molecule has 86 valence electrons. The Balaban J connectivity index is 2.55. The Bertz CT molecular complexity index is 520. The van der Waals surface area contributed by atoms with Gasteiger partial charge in [-0.05, 0) is 23.7 Å². The van der Waals surface area contributed by atoms with E-state index in [1.54, 1.807) is 0 Å². The van der Waals surface area contributed by atoms with Crippen LogP contribution in [0.5, 0.6) is 0 Å². The van der Waals surface area contributed by atoms with Crippen LogP contribution < -0.4 is 5.32 Å². The maximum atomic E-state index is 11.1. The Morgan fingerprint density at radius 3 is 2.35 bits per heavy atom. The van der Waals surface area contributed by atoms with E-state index in [9.17, 15) is 4.79 Å². The monoisotopic (exact) mass is 225 g/mol. The summed E-state index contributed by atoms with van der Waals surface area (Å²) in [6.07, 6.45) is 0.908. The van der Waals surface area contributed by atoms with Gasteiger partial charge < -0.3 is 5.32 Å². The zero-order valence-corrected chi connectivity index (χ0v) is 9.81. The Morgan fingerprint density at radius 1 is 1.00 bits per heavy atom. The van der Waals surface area contributed by atoms with E-state index in [0.29, 0.717) is 0 Å². The number of nitrogens with one attached hydrogen (secondary N) is 1. The number of rotatable bonds is 4. The first-order valence-corrected chi connectivity index (χ1v) is 5.64. The van der Waals surface area contributed by atoms with Gasteiger partial charge in [0, 0.05) is 12.1 Å². The normalized spacial score (nSPS) is 10.2. The van der Waals surface area contributed by atoms with Gasteiger partial charge >= 0.3 is 0 Å². The molecule has 2 nitrogen and oxygen atoms in total. The molecule has 0 heterocycles. The van der Waals surface area contributed by atoms with E-state index in [-0.39, 0.29) is 0 Å². The van der Waals surface area contributed by atoms with Crippen molar-refractivity contribution < 1.29 is 4.79 Å². The van der Waals surface area contributed by atoms with Crippen molar-refractivity contribution in [3.8, 4) is 11.1 Å². The minimum absolute atomic E-state index is 0.732. The molecule has 0 fully saturated rings. The highest BCUT2D eigenvalue weighted by atomic mass is 16.1. The summed E-state index contributed by atoms with van der Waals surface area (Å²) >= 11 is 0. The van der Waals surface area contributed by atoms with Gasteiger partial charge in [-0.2, -0.15) is 0 Å². The van der Waals surface area contributed by atoms with Crippen molar-refractivity contribution in [1.29, 1.82) is 0 Å². The van der Waals surface area contributed by atoms with Crippen LogP contribution in [-0.4, -0.2) is 13.3 Å². The van der Waals surface area contributed by atoms with Crippen molar-refractivity contribution in [2.24, 2.45) is 0 Å². The molecule has 0 amide bonds. The second kappa shape index (κ2) is 5.41. The molecule has 0 unspecified atom stereocenters. The fourth-order valence-electron chi connectivity index (χ4n) is 1.97. The summed E-state index contributed by atoms with van der Waals surface area (Å²) in [5, 5.41) is 3.14. The highest BCUT2D eigenvalue weighted by molar-refractivity contribution is 5.88. The average Bonchev–Trinajstić information content (AvgIpc) is 2.40. The first-order valence-electron chi connectivity index (χ1n) is 5.64. The average molecular weight is 225 g/mol. The minimum atomic E-state index is 0.732. The zero-order valence-electron chi connectivity index (χ0n) is 9.81. The number of carbonyl (C=O) groups is 1. The third kappa shape index (κ3) is 2.43. The lowest BCUT2D eigenvalue weighted by Gasteiger charge is -2.10. The second-order valence-corrected chi connectivity index (χ2v) is 3.89. The summed E-state index contributed by atoms with van der Waals surface area (Å²) in [7, 11) is 1.92. The van der Waals surface area contributed by atoms with E-state index in [1.165, 1.54) is 5.56 Å². The standard InChI is InChI=1S/C15H15NO/c1-16-10-12-6-2-4-8-14(12)15-9-5-3-7-13(15)11-17/h2-9,11,16H,10H2,1H3. The quantitative estimate of drug-likeness (QED) is 0.811. The van der Waals surface area contributed by atoms with E-state index in [1.807, 2.05) is 43.4 Å². The highest BCUT2D eigenvalue weighted by Crippen LogP contribution is 2.26. The van der Waals surface area contributed by atoms with E-state index < -0.39 is 0 Å². The molecular formula is C15H15NO. The zero-order chi connectivity index (χ0) is 12.1. The molecule has 0 aromatic heterocycles. The lowest BCUT2D eigenvalue weighted by Crippen LogP contribution is -2.06. The number of benzene rings is 2. The van der Waals surface area contributed by atoms with Crippen molar-refractivity contribution in [1.82, 2.24) is 5.32 Å². The van der Waals surface area contributed by atoms with Gasteiger partial charge in [0.25, 0.3) is 0 Å². The third-order valence-electron chi connectivity index (χ3n) is 2.76. The van der Waals surface area contributed by atoms with E-state index in [0.717, 1.165) is 29.5 Å². The molecule has 0 spiro atoms. The predicted octanol–water partition coefficient (Wildman–Crippen LogP) is 2.89. The minimum Gasteiger partial charge on any atom is -0.316 e. The van der Waals surface area contributed by atoms with E-state index in [4.69, 9.17) is 0 Å². The predicted molar refractivity (Wildman–Crippen MR) is 70.0 cm³/mol. The van der Waals surface area contributed by atoms with Gasteiger partial charge in [-0.1, -0.05) is 48.5 Å². The lowest BCUT2D eigenvalue weighted by atomic mass is 9.96. The Morgan fingerprint density at radius 2 is 1.65 bits per heavy atom. The molecule has 0 radical (unpaired) electrons. The summed E-state index contributed by atoms with van der Waals surface area (Å²) in [5.41, 5.74) is 4.04. The lowest BCUT2D eigenvalue weighted by molar-refractivity contribution is 0.112. The molecule has 17 heavy (non-hydrogen) atoms. The molecule has 0 atom stereocenters. The largest absolute Gasteiger partial charge is 0.316 e. The summed E-state index contributed by atoms with van der Waals surface area (Å²) in [6, 6.07) is 15.8. The molecule has 0 aliphatic carbocycles. The van der Waals surface area contributed by atoms with Gasteiger partial charge in [-0.15, -0.1) is 0 Å². The number of hydrogen-bond donors (Lipinski definition) is 1. The molecule has 1 N–H and O–H groups in total. The molecule has 0 bridgehead atoms. The Kier molecular flexibility index (Phi) is 3.68. The van der Waals surface area contributed by atoms with Crippen LogP contribution in [0.3, 0.4) is 0 Å². The molecule has 0 saturated heterocycles. The number of hydrogen-bond acceptors (Lipinski definition) is 2. The molecule has 2 rings (SSSR count). The van der Waals surface area contributed by atoms with Crippen molar-refractivity contribution in [2.45, 2.75) is 6.54 Å². The maximum Gasteiger partial charge on any atom is 0.150 e. The summed E-state index contributed by atoms with van der Waals surface area (Å²) < 4.78 is 0. The van der Waals surface area contributed by atoms with Crippen molar-refractivity contribution >= 4 is 6.29 Å². The fourth-order valence-corrected chi connectivity index (χ4v) is 1.97. The molecule has 0 saturated carbocycles. The van der Waals surface area contributed by atoms with Crippen molar-refractivity contribution in [2.75, 3.05) is 7.05 Å². The molecule has 0 aliphatic rings. The van der Waals surface area contributed by atoms with Gasteiger partial charge in [0.15, 0.2) is 6.29 Å². The number of aldehydes is 1. The van der Waals surface area contributed by atoms with Gasteiger partial charge in [0.2, 0.25) is 0 Å². The van der Waals surface area contributed by atoms with Crippen LogP contribution in [0.25, 0.3) is 11.1 Å². The van der Waals surface area contributed by atoms with Gasteiger partial charge in [-0.3, -0.25) is 4.79 Å². The topological polar surface area (TPSA) is 29.1 Å². The summed E-state index contributed by atoms with van der Waals surface area (Å²) in [4.78, 5) is 11.1. The second-order valence-electron chi connectivity index (χ2n) is 3.89. The van der Waals surface area contributed by atoms with E-state index >= 15 is 0 Å². The molecule has 2 heteroatoms. The van der Waals surface area contributed by atoms with Crippen LogP contribution in [0.2, 0.25) is 0 Å². The van der Waals surface area contributed by atoms with E-state index in [2.05, 4.69) is 17.4 Å². The first kappa shape index (κ1) is 11.6. The SMILES string of the molecule is CNCc1ccccc1-c1ccccc1C=O. The van der Waals surface area contributed by atoms with Crippen molar-refractivity contribution in [3.63, 3.8) is 0 Å². The van der Waals surface area contributed by atoms with Crippen molar-refractivity contribution in [3.05, 3.63) is 59.7 Å². The Labute approximate surface area is 101 Å². The molecule has 2 aromatic carbocycles.